The number of aromatic nitrogens is 4. The third-order valence-corrected chi connectivity index (χ3v) is 7.18. The maximum Gasteiger partial charge on any atom is 0.261 e. The Morgan fingerprint density at radius 1 is 0.605 bits per heavy atom. The first-order valence-corrected chi connectivity index (χ1v) is 12.0. The van der Waals surface area contributed by atoms with Gasteiger partial charge >= 0.3 is 0 Å². The lowest BCUT2D eigenvalue weighted by Crippen LogP contribution is -2.27. The summed E-state index contributed by atoms with van der Waals surface area (Å²) >= 11 is 0. The molecule has 5 rings (SSSR count). The van der Waals surface area contributed by atoms with Crippen molar-refractivity contribution in [1.82, 2.24) is 19.1 Å². The predicted octanol–water partition coefficient (Wildman–Crippen LogP) is 2.05. The van der Waals surface area contributed by atoms with E-state index in [0.717, 1.165) is 31.4 Å². The number of pyridine rings is 2. The summed E-state index contributed by atoms with van der Waals surface area (Å²) in [4.78, 5) is 61.8. The van der Waals surface area contributed by atoms with Gasteiger partial charge in [0.05, 0.1) is 60.2 Å². The molecule has 1 aromatic carbocycles. The number of ether oxygens (including phenoxy) is 2. The van der Waals surface area contributed by atoms with Gasteiger partial charge in [-0.05, 0) is 39.8 Å². The van der Waals surface area contributed by atoms with Crippen LogP contribution in [0.5, 0.6) is 11.5 Å². The first-order valence-electron chi connectivity index (χ1n) is 12.0. The average Bonchev–Trinajstić information content (AvgIpc) is 3.26. The Labute approximate surface area is 216 Å². The summed E-state index contributed by atoms with van der Waals surface area (Å²) in [6, 6.07) is 2.69. The van der Waals surface area contributed by atoms with Crippen molar-refractivity contribution >= 4 is 21.5 Å². The van der Waals surface area contributed by atoms with Crippen LogP contribution in [0.2, 0.25) is 0 Å². The van der Waals surface area contributed by atoms with Crippen molar-refractivity contribution in [2.45, 2.75) is 40.8 Å². The van der Waals surface area contributed by atoms with Crippen molar-refractivity contribution in [2.24, 2.45) is 0 Å². The molecule has 0 saturated heterocycles. The highest BCUT2D eigenvalue weighted by Gasteiger charge is 2.22. The first kappa shape index (κ1) is 25.1. The third kappa shape index (κ3) is 3.63. The fourth-order valence-electron chi connectivity index (χ4n) is 5.12. The summed E-state index contributed by atoms with van der Waals surface area (Å²) in [5, 5.41) is 0.333. The Balaban J connectivity index is 1.64. The van der Waals surface area contributed by atoms with Crippen LogP contribution in [0.3, 0.4) is 0 Å². The molecule has 0 bridgehead atoms. The van der Waals surface area contributed by atoms with E-state index in [1.54, 1.807) is 26.6 Å². The van der Waals surface area contributed by atoms with Crippen molar-refractivity contribution in [2.75, 3.05) is 14.2 Å². The van der Waals surface area contributed by atoms with Crippen LogP contribution in [-0.4, -0.2) is 33.3 Å². The standard InChI is InChI=1S/C28H26N4O6/c1-13-9-29-21(15(3)23(13)37-5)11-31-25(33)17-7-19-20(8-18(17)26(31)34)28(36)32(27(19)35)12-22-16(4)24(38-6)14(2)10-30-22/h7-10H,11-12H2,1-6H3. The molecule has 0 radical (unpaired) electrons. The SMILES string of the molecule is COc1c(C)cnc(Cn2c(=O)c3cc4c(=O)n(Cc5ncc(C)c(OC)c5C)c(=O)c4cc3c2=O)c1C. The van der Waals surface area contributed by atoms with Gasteiger partial charge in [0.25, 0.3) is 22.2 Å². The van der Waals surface area contributed by atoms with E-state index >= 15 is 0 Å². The van der Waals surface area contributed by atoms with Crippen molar-refractivity contribution in [1.29, 1.82) is 0 Å². The van der Waals surface area contributed by atoms with Gasteiger partial charge in [0.15, 0.2) is 0 Å². The number of benzene rings is 1. The van der Waals surface area contributed by atoms with Crippen LogP contribution in [0.1, 0.15) is 33.6 Å². The van der Waals surface area contributed by atoms with Gasteiger partial charge in [0.2, 0.25) is 0 Å². The molecule has 0 aliphatic heterocycles. The molecule has 0 amide bonds. The third-order valence-electron chi connectivity index (χ3n) is 7.18. The topological polar surface area (TPSA) is 122 Å². The van der Waals surface area contributed by atoms with Crippen LogP contribution in [0.15, 0.2) is 43.7 Å². The fourth-order valence-corrected chi connectivity index (χ4v) is 5.12. The molecular formula is C28H26N4O6. The summed E-state index contributed by atoms with van der Waals surface area (Å²) in [5.74, 6) is 1.27. The van der Waals surface area contributed by atoms with E-state index in [1.807, 2.05) is 27.7 Å². The summed E-state index contributed by atoms with van der Waals surface area (Å²) in [6.07, 6.45) is 3.25. The van der Waals surface area contributed by atoms with E-state index in [0.29, 0.717) is 22.9 Å². The number of rotatable bonds is 6. The van der Waals surface area contributed by atoms with Crippen LogP contribution in [0.4, 0.5) is 0 Å². The van der Waals surface area contributed by atoms with Gasteiger partial charge in [-0.3, -0.25) is 38.3 Å². The van der Waals surface area contributed by atoms with Crippen LogP contribution in [0.25, 0.3) is 21.5 Å². The summed E-state index contributed by atoms with van der Waals surface area (Å²) < 4.78 is 13.0. The van der Waals surface area contributed by atoms with Gasteiger partial charge in [-0.15, -0.1) is 0 Å². The maximum atomic E-state index is 13.3. The second-order valence-corrected chi connectivity index (χ2v) is 9.43. The Hall–Kier alpha value is -4.60. The Morgan fingerprint density at radius 2 is 0.921 bits per heavy atom. The monoisotopic (exact) mass is 514 g/mol. The highest BCUT2D eigenvalue weighted by atomic mass is 16.5. The molecule has 38 heavy (non-hydrogen) atoms. The van der Waals surface area contributed by atoms with E-state index < -0.39 is 22.2 Å². The molecule has 0 aliphatic carbocycles. The summed E-state index contributed by atoms with van der Waals surface area (Å²) in [7, 11) is 3.10. The van der Waals surface area contributed by atoms with Gasteiger partial charge in [0, 0.05) is 34.6 Å². The molecule has 5 aromatic rings. The van der Waals surface area contributed by atoms with Crippen molar-refractivity contribution in [3.63, 3.8) is 0 Å². The molecule has 4 aromatic heterocycles. The lowest BCUT2D eigenvalue weighted by Gasteiger charge is -2.12. The van der Waals surface area contributed by atoms with Crippen molar-refractivity contribution in [3.8, 4) is 11.5 Å². The molecular weight excluding hydrogens is 488 g/mol. The van der Waals surface area contributed by atoms with E-state index in [-0.39, 0.29) is 34.6 Å². The van der Waals surface area contributed by atoms with Crippen LogP contribution >= 0.6 is 0 Å². The number of aryl methyl sites for hydroxylation is 2. The van der Waals surface area contributed by atoms with E-state index in [1.165, 1.54) is 12.1 Å². The minimum atomic E-state index is -0.548. The van der Waals surface area contributed by atoms with Crippen molar-refractivity contribution < 1.29 is 9.47 Å². The van der Waals surface area contributed by atoms with Crippen LogP contribution in [0, 0.1) is 27.7 Å². The van der Waals surface area contributed by atoms with E-state index in [9.17, 15) is 19.2 Å². The van der Waals surface area contributed by atoms with Crippen LogP contribution < -0.4 is 31.7 Å². The number of fused-ring (bicyclic) bond motifs is 2. The van der Waals surface area contributed by atoms with Gasteiger partial charge in [-0.1, -0.05) is 0 Å². The Morgan fingerprint density at radius 3 is 1.21 bits per heavy atom. The molecule has 194 valence electrons. The lowest BCUT2D eigenvalue weighted by molar-refractivity contribution is 0.406. The summed E-state index contributed by atoms with van der Waals surface area (Å²) in [6.45, 7) is 7.22. The zero-order valence-electron chi connectivity index (χ0n) is 22.0. The molecule has 0 atom stereocenters. The van der Waals surface area contributed by atoms with Gasteiger partial charge in [-0.2, -0.15) is 0 Å². The maximum absolute atomic E-state index is 13.3. The van der Waals surface area contributed by atoms with Crippen molar-refractivity contribution in [3.05, 3.63) is 99.6 Å². The number of nitrogens with zero attached hydrogens (tertiary/aromatic N) is 4. The zero-order valence-corrected chi connectivity index (χ0v) is 22.0. The predicted molar refractivity (Wildman–Crippen MR) is 144 cm³/mol. The quantitative estimate of drug-likeness (QED) is 0.337. The number of hydrogen-bond donors (Lipinski definition) is 0. The normalized spacial score (nSPS) is 11.5. The lowest BCUT2D eigenvalue weighted by atomic mass is 10.1. The molecule has 0 N–H and O–H groups in total. The number of hydrogen-bond acceptors (Lipinski definition) is 8. The van der Waals surface area contributed by atoms with E-state index in [4.69, 9.17) is 9.47 Å². The Bertz CT molecular complexity index is 1760. The summed E-state index contributed by atoms with van der Waals surface area (Å²) in [5.41, 5.74) is 1.97. The smallest absolute Gasteiger partial charge is 0.261 e. The molecule has 4 heterocycles. The number of methoxy groups -OCH3 is 2. The molecule has 0 fully saturated rings. The zero-order chi connectivity index (χ0) is 27.5. The fraction of sp³-hybridized carbons (Fsp3) is 0.286. The van der Waals surface area contributed by atoms with Gasteiger partial charge < -0.3 is 9.47 Å². The largest absolute Gasteiger partial charge is 0.496 e. The first-order chi connectivity index (χ1) is 18.1. The minimum Gasteiger partial charge on any atom is -0.496 e. The van der Waals surface area contributed by atoms with Gasteiger partial charge in [-0.25, -0.2) is 0 Å². The molecule has 0 spiro atoms. The molecule has 0 unspecified atom stereocenters. The van der Waals surface area contributed by atoms with E-state index in [2.05, 4.69) is 9.97 Å². The Kier molecular flexibility index (Phi) is 5.97. The van der Waals surface area contributed by atoms with Gasteiger partial charge in [0.1, 0.15) is 11.5 Å². The average molecular weight is 515 g/mol. The highest BCUT2D eigenvalue weighted by molar-refractivity contribution is 5.97. The molecule has 0 saturated carbocycles. The van der Waals surface area contributed by atoms with Crippen LogP contribution in [-0.2, 0) is 13.1 Å². The molecule has 10 nitrogen and oxygen atoms in total. The second kappa shape index (κ2) is 9.05. The molecule has 0 aliphatic rings. The molecule has 10 heteroatoms. The highest BCUT2D eigenvalue weighted by Crippen LogP contribution is 2.25. The second-order valence-electron chi connectivity index (χ2n) is 9.43. The minimum absolute atomic E-state index is 0.0618.